The summed E-state index contributed by atoms with van der Waals surface area (Å²) in [6.07, 6.45) is 3.66. The summed E-state index contributed by atoms with van der Waals surface area (Å²) in [4.78, 5) is 4.88. The smallest absolute Gasteiger partial charge is 0.100 e. The van der Waals surface area contributed by atoms with Gasteiger partial charge in [0.2, 0.25) is 0 Å². The van der Waals surface area contributed by atoms with Crippen molar-refractivity contribution in [2.24, 2.45) is 0 Å². The summed E-state index contributed by atoms with van der Waals surface area (Å²) >= 11 is 12.2. The average Bonchev–Trinajstić information content (AvgIpc) is 2.66. The minimum absolute atomic E-state index is 0.144. The highest BCUT2D eigenvalue weighted by Crippen LogP contribution is 2.31. The first-order chi connectivity index (χ1) is 12.7. The van der Waals surface area contributed by atoms with Crippen molar-refractivity contribution in [1.29, 1.82) is 0 Å². The second-order valence-corrected chi connectivity index (χ2v) is 7.35. The highest BCUT2D eigenvalue weighted by molar-refractivity contribution is 6.30. The highest BCUT2D eigenvalue weighted by atomic mass is 35.5. The monoisotopic (exact) mass is 389 g/mol. The van der Waals surface area contributed by atoms with Crippen LogP contribution in [0.3, 0.4) is 0 Å². The number of hydrogen-bond acceptors (Lipinski definition) is 2. The van der Waals surface area contributed by atoms with E-state index in [1.165, 1.54) is 11.1 Å². The highest BCUT2D eigenvalue weighted by Gasteiger charge is 2.26. The Kier molecular flexibility index (Phi) is 7.12. The molecule has 0 unspecified atom stereocenters. The first kappa shape index (κ1) is 19.4. The van der Waals surface area contributed by atoms with E-state index in [0.717, 1.165) is 42.8 Å². The zero-order valence-electron chi connectivity index (χ0n) is 14.7. The maximum absolute atomic E-state index is 10.5. The Hall–Kier alpha value is -1.36. The van der Waals surface area contributed by atoms with Gasteiger partial charge in [-0.3, -0.25) is 9.80 Å². The molecule has 26 heavy (non-hydrogen) atoms. The van der Waals surface area contributed by atoms with Crippen LogP contribution in [-0.2, 0) is 5.11 Å². The largest absolute Gasteiger partial charge is 0.297 e. The molecule has 2 aromatic carbocycles. The zero-order chi connectivity index (χ0) is 18.4. The minimum Gasteiger partial charge on any atom is -0.297 e. The predicted octanol–water partition coefficient (Wildman–Crippen LogP) is 4.69. The molecule has 1 aliphatic rings. The van der Waals surface area contributed by atoms with E-state index < -0.39 is 0 Å². The Bertz CT molecular complexity index is 662. The van der Waals surface area contributed by atoms with Crippen molar-refractivity contribution in [1.82, 2.24) is 9.80 Å². The number of benzene rings is 2. The second kappa shape index (κ2) is 9.54. The molecule has 1 saturated heterocycles. The fourth-order valence-electron chi connectivity index (χ4n) is 3.40. The molecule has 1 fully saturated rings. The maximum Gasteiger partial charge on any atom is 0.100 e. The van der Waals surface area contributed by atoms with Crippen LogP contribution >= 0.6 is 23.2 Å². The summed E-state index contributed by atoms with van der Waals surface area (Å²) in [7, 11) is 0. The van der Waals surface area contributed by atoms with E-state index in [0.29, 0.717) is 0 Å². The summed E-state index contributed by atoms with van der Waals surface area (Å²) in [5, 5.41) is 12.0. The van der Waals surface area contributed by atoms with Crippen LogP contribution in [0.1, 0.15) is 17.2 Å². The fourth-order valence-corrected chi connectivity index (χ4v) is 3.65. The Balaban J connectivity index is 1.77. The molecular formula is C21H23Cl2N2O. The predicted molar refractivity (Wildman–Crippen MR) is 107 cm³/mol. The lowest BCUT2D eigenvalue weighted by Gasteiger charge is -2.39. The van der Waals surface area contributed by atoms with Gasteiger partial charge in [0.15, 0.2) is 0 Å². The van der Waals surface area contributed by atoms with Crippen LogP contribution in [0.2, 0.25) is 10.0 Å². The van der Waals surface area contributed by atoms with Gasteiger partial charge in [0, 0.05) is 42.8 Å². The van der Waals surface area contributed by atoms with Gasteiger partial charge < -0.3 is 0 Å². The molecule has 0 atom stereocenters. The third-order valence-electron chi connectivity index (χ3n) is 4.77. The van der Waals surface area contributed by atoms with Gasteiger partial charge in [0.25, 0.3) is 0 Å². The first-order valence-electron chi connectivity index (χ1n) is 8.88. The molecule has 0 N–H and O–H groups in total. The van der Waals surface area contributed by atoms with E-state index >= 15 is 0 Å². The molecule has 1 heterocycles. The molecule has 1 radical (unpaired) electrons. The minimum atomic E-state index is -0.144. The van der Waals surface area contributed by atoms with Gasteiger partial charge in [-0.25, -0.2) is 5.11 Å². The normalized spacial score (nSPS) is 16.6. The number of nitrogens with zero attached hydrogens (tertiary/aromatic N) is 2. The molecule has 0 aliphatic carbocycles. The van der Waals surface area contributed by atoms with Crippen molar-refractivity contribution in [2.75, 3.05) is 39.3 Å². The van der Waals surface area contributed by atoms with Crippen molar-refractivity contribution in [3.63, 3.8) is 0 Å². The molecule has 2 aromatic rings. The molecule has 137 valence electrons. The van der Waals surface area contributed by atoms with Crippen LogP contribution in [0.4, 0.5) is 0 Å². The topological polar surface area (TPSA) is 26.4 Å². The lowest BCUT2D eigenvalue weighted by atomic mass is 9.96. The molecule has 0 aromatic heterocycles. The fraction of sp³-hybridized carbons (Fsp3) is 0.333. The molecule has 0 bridgehead atoms. The van der Waals surface area contributed by atoms with Crippen molar-refractivity contribution in [3.8, 4) is 0 Å². The molecule has 0 spiro atoms. The molecule has 3 rings (SSSR count). The van der Waals surface area contributed by atoms with E-state index in [1.807, 2.05) is 30.3 Å². The number of hydrogen-bond donors (Lipinski definition) is 0. The van der Waals surface area contributed by atoms with Gasteiger partial charge >= 0.3 is 0 Å². The van der Waals surface area contributed by atoms with Gasteiger partial charge in [-0.05, 0) is 35.4 Å². The maximum atomic E-state index is 10.5. The van der Waals surface area contributed by atoms with Gasteiger partial charge in [0.1, 0.15) is 6.61 Å². The van der Waals surface area contributed by atoms with E-state index in [1.54, 1.807) is 6.08 Å². The van der Waals surface area contributed by atoms with E-state index in [-0.39, 0.29) is 12.6 Å². The van der Waals surface area contributed by atoms with E-state index in [4.69, 9.17) is 23.2 Å². The number of rotatable bonds is 6. The van der Waals surface area contributed by atoms with Gasteiger partial charge in [-0.15, -0.1) is 0 Å². The van der Waals surface area contributed by atoms with Crippen molar-refractivity contribution in [3.05, 3.63) is 81.9 Å². The van der Waals surface area contributed by atoms with Crippen molar-refractivity contribution < 1.29 is 5.11 Å². The van der Waals surface area contributed by atoms with E-state index in [2.05, 4.69) is 34.1 Å². The quantitative estimate of drug-likeness (QED) is 0.669. The lowest BCUT2D eigenvalue weighted by Crippen LogP contribution is -2.47. The van der Waals surface area contributed by atoms with Gasteiger partial charge in [-0.2, -0.15) is 0 Å². The molecule has 1 aliphatic heterocycles. The molecule has 5 heteroatoms. The summed E-state index contributed by atoms with van der Waals surface area (Å²) in [6.45, 7) is 4.63. The first-order valence-corrected chi connectivity index (χ1v) is 9.63. The van der Waals surface area contributed by atoms with E-state index in [9.17, 15) is 5.11 Å². The average molecular weight is 390 g/mol. The summed E-state index contributed by atoms with van der Waals surface area (Å²) in [5.41, 5.74) is 2.47. The number of piperazine rings is 1. The van der Waals surface area contributed by atoms with Crippen LogP contribution < -0.4 is 0 Å². The Morgan fingerprint density at radius 2 is 1.31 bits per heavy atom. The van der Waals surface area contributed by atoms with Crippen LogP contribution in [0, 0.1) is 0 Å². The standard InChI is InChI=1S/C21H23Cl2N2O/c22-19-7-3-17(4-8-19)21(18-5-9-20(23)10-6-18)25-14-12-24(13-15-25)11-1-2-16-26/h1-10,21H,11-16H2/b2-1-. The van der Waals surface area contributed by atoms with Crippen LogP contribution in [0.5, 0.6) is 0 Å². The molecule has 0 amide bonds. The zero-order valence-corrected chi connectivity index (χ0v) is 16.2. The summed E-state index contributed by atoms with van der Waals surface area (Å²) in [6, 6.07) is 16.4. The molecule has 0 saturated carbocycles. The second-order valence-electron chi connectivity index (χ2n) is 6.48. The summed E-state index contributed by atoms with van der Waals surface area (Å²) < 4.78 is 0. The van der Waals surface area contributed by atoms with Crippen molar-refractivity contribution >= 4 is 23.2 Å². The third kappa shape index (κ3) is 5.09. The Morgan fingerprint density at radius 1 is 0.808 bits per heavy atom. The molecular weight excluding hydrogens is 367 g/mol. The lowest BCUT2D eigenvalue weighted by molar-refractivity contribution is 0.117. The van der Waals surface area contributed by atoms with Crippen LogP contribution in [0.25, 0.3) is 0 Å². The molecule has 3 nitrogen and oxygen atoms in total. The van der Waals surface area contributed by atoms with Crippen LogP contribution in [0.15, 0.2) is 60.7 Å². The van der Waals surface area contributed by atoms with Crippen molar-refractivity contribution in [2.45, 2.75) is 6.04 Å². The van der Waals surface area contributed by atoms with Gasteiger partial charge in [-0.1, -0.05) is 59.6 Å². The summed E-state index contributed by atoms with van der Waals surface area (Å²) in [5.74, 6) is 0. The SMILES string of the molecule is [O]C/C=C\CN1CCN(C(c2ccc(Cl)cc2)c2ccc(Cl)cc2)CC1. The van der Waals surface area contributed by atoms with Crippen LogP contribution in [-0.4, -0.2) is 49.1 Å². The Labute approximate surface area is 165 Å². The third-order valence-corrected chi connectivity index (χ3v) is 5.27. The Morgan fingerprint density at radius 3 is 1.77 bits per heavy atom. The van der Waals surface area contributed by atoms with Gasteiger partial charge in [0.05, 0.1) is 6.04 Å². The number of halogens is 2.